The maximum absolute atomic E-state index is 11.0. The Morgan fingerprint density at radius 3 is 2.14 bits per heavy atom. The van der Waals surface area contributed by atoms with Crippen molar-refractivity contribution in [1.29, 1.82) is 0 Å². The number of aliphatic carboxylic acids is 1. The molecule has 0 aliphatic carbocycles. The van der Waals surface area contributed by atoms with Gasteiger partial charge in [-0.1, -0.05) is 0 Å². The summed E-state index contributed by atoms with van der Waals surface area (Å²) in [5.74, 6) is 0.811. The third-order valence-electron chi connectivity index (χ3n) is 4.13. The molecule has 1 aromatic carbocycles. The molecule has 0 amide bonds. The second kappa shape index (κ2) is 7.47. The van der Waals surface area contributed by atoms with Gasteiger partial charge in [0.2, 0.25) is 0 Å². The highest BCUT2D eigenvalue weighted by Crippen LogP contribution is 2.23. The summed E-state index contributed by atoms with van der Waals surface area (Å²) in [5, 5.41) is 9.07. The van der Waals surface area contributed by atoms with Crippen LogP contribution in [0.3, 0.4) is 0 Å². The van der Waals surface area contributed by atoms with Gasteiger partial charge < -0.3 is 14.6 Å². The van der Waals surface area contributed by atoms with Crippen LogP contribution in [0, 0.1) is 0 Å². The summed E-state index contributed by atoms with van der Waals surface area (Å²) in [5.41, 5.74) is 1.14. The van der Waals surface area contributed by atoms with E-state index in [1.807, 2.05) is 23.1 Å². The number of nitrogens with zero attached hydrogens (tertiary/aromatic N) is 2. The highest BCUT2D eigenvalue weighted by molar-refractivity contribution is 5.72. The molecule has 6 heteroatoms. The van der Waals surface area contributed by atoms with Crippen molar-refractivity contribution in [2.45, 2.75) is 19.5 Å². The smallest absolute Gasteiger partial charge is 0.320 e. The van der Waals surface area contributed by atoms with Gasteiger partial charge >= 0.3 is 5.97 Å². The molecule has 0 bridgehead atoms. The summed E-state index contributed by atoms with van der Waals surface area (Å²) in [4.78, 5) is 15.4. The average molecular weight is 308 g/mol. The third kappa shape index (κ3) is 4.11. The normalized spacial score (nSPS) is 18.0. The predicted octanol–water partition coefficient (Wildman–Crippen LogP) is 1.29. The van der Waals surface area contributed by atoms with E-state index >= 15 is 0 Å². The highest BCUT2D eigenvalue weighted by Gasteiger charge is 2.25. The number of piperazine rings is 1. The van der Waals surface area contributed by atoms with E-state index in [0.29, 0.717) is 0 Å². The molecule has 0 saturated carbocycles. The van der Waals surface area contributed by atoms with Crippen LogP contribution in [-0.4, -0.2) is 67.3 Å². The molecule has 22 heavy (non-hydrogen) atoms. The van der Waals surface area contributed by atoms with Crippen molar-refractivity contribution in [3.05, 3.63) is 23.8 Å². The molecule has 1 aromatic rings. The third-order valence-corrected chi connectivity index (χ3v) is 4.13. The lowest BCUT2D eigenvalue weighted by Gasteiger charge is -2.36. The van der Waals surface area contributed by atoms with Crippen LogP contribution in [0.15, 0.2) is 18.2 Å². The van der Waals surface area contributed by atoms with Crippen LogP contribution in [0.4, 0.5) is 0 Å². The fourth-order valence-corrected chi connectivity index (χ4v) is 2.68. The Bertz CT molecular complexity index is 491. The number of rotatable bonds is 6. The van der Waals surface area contributed by atoms with E-state index in [1.165, 1.54) is 0 Å². The molecular formula is C16H24N2O4. The fraction of sp³-hybridized carbons (Fsp3) is 0.562. The Kier molecular flexibility index (Phi) is 5.63. The van der Waals surface area contributed by atoms with Crippen molar-refractivity contribution < 1.29 is 19.4 Å². The number of carboxylic acid groups (broad SMARTS) is 1. The van der Waals surface area contributed by atoms with E-state index in [0.717, 1.165) is 49.8 Å². The summed E-state index contributed by atoms with van der Waals surface area (Å²) < 4.78 is 10.6. The molecule has 0 aromatic heterocycles. The first-order valence-electron chi connectivity index (χ1n) is 7.44. The fourth-order valence-electron chi connectivity index (χ4n) is 2.68. The Balaban J connectivity index is 1.94. The molecule has 0 radical (unpaired) electrons. The number of carboxylic acids is 1. The van der Waals surface area contributed by atoms with Crippen LogP contribution in [0.5, 0.6) is 11.5 Å². The van der Waals surface area contributed by atoms with Crippen molar-refractivity contribution >= 4 is 5.97 Å². The van der Waals surface area contributed by atoms with Gasteiger partial charge in [0.1, 0.15) is 17.5 Å². The van der Waals surface area contributed by atoms with Crippen molar-refractivity contribution in [2.75, 3.05) is 40.4 Å². The molecular weight excluding hydrogens is 284 g/mol. The van der Waals surface area contributed by atoms with Gasteiger partial charge in [-0.2, -0.15) is 0 Å². The van der Waals surface area contributed by atoms with Crippen molar-refractivity contribution in [2.24, 2.45) is 0 Å². The lowest BCUT2D eigenvalue weighted by Crippen LogP contribution is -2.51. The Morgan fingerprint density at radius 2 is 1.68 bits per heavy atom. The van der Waals surface area contributed by atoms with Crippen LogP contribution in [-0.2, 0) is 11.3 Å². The molecule has 0 unspecified atom stereocenters. The minimum atomic E-state index is -0.758. The standard InChI is InChI=1S/C16H24N2O4/c1-12(16(19)20)18-6-4-17(5-7-18)11-13-8-14(21-2)10-15(9-13)22-3/h8-10,12H,4-7,11H2,1-3H3,(H,19,20)/t12-/m1/s1. The maximum Gasteiger partial charge on any atom is 0.320 e. The summed E-state index contributed by atoms with van der Waals surface area (Å²) in [6.07, 6.45) is 0. The van der Waals surface area contributed by atoms with E-state index in [4.69, 9.17) is 14.6 Å². The van der Waals surface area contributed by atoms with Gasteiger partial charge in [-0.3, -0.25) is 14.6 Å². The second-order valence-corrected chi connectivity index (χ2v) is 5.55. The van der Waals surface area contributed by atoms with Gasteiger partial charge in [0.15, 0.2) is 0 Å². The van der Waals surface area contributed by atoms with Gasteiger partial charge in [-0.25, -0.2) is 0 Å². The van der Waals surface area contributed by atoms with E-state index in [2.05, 4.69) is 4.90 Å². The van der Waals surface area contributed by atoms with Gasteiger partial charge in [0.05, 0.1) is 14.2 Å². The lowest BCUT2D eigenvalue weighted by molar-refractivity contribution is -0.143. The molecule has 1 saturated heterocycles. The van der Waals surface area contributed by atoms with Crippen LogP contribution in [0.25, 0.3) is 0 Å². The largest absolute Gasteiger partial charge is 0.497 e. The molecule has 1 aliphatic heterocycles. The lowest BCUT2D eigenvalue weighted by atomic mass is 10.1. The number of carbonyl (C=O) groups is 1. The number of methoxy groups -OCH3 is 2. The number of ether oxygens (including phenoxy) is 2. The molecule has 2 rings (SSSR count). The van der Waals surface area contributed by atoms with Crippen LogP contribution < -0.4 is 9.47 Å². The van der Waals surface area contributed by atoms with Gasteiger partial charge in [-0.15, -0.1) is 0 Å². The summed E-state index contributed by atoms with van der Waals surface area (Å²) in [7, 11) is 3.29. The second-order valence-electron chi connectivity index (χ2n) is 5.55. The number of hydrogen-bond donors (Lipinski definition) is 1. The first-order valence-corrected chi connectivity index (χ1v) is 7.44. The highest BCUT2D eigenvalue weighted by atomic mass is 16.5. The van der Waals surface area contributed by atoms with E-state index in [-0.39, 0.29) is 0 Å². The Labute approximate surface area is 131 Å². The zero-order valence-corrected chi connectivity index (χ0v) is 13.4. The van der Waals surface area contributed by atoms with E-state index < -0.39 is 12.0 Å². The van der Waals surface area contributed by atoms with E-state index in [9.17, 15) is 4.79 Å². The summed E-state index contributed by atoms with van der Waals surface area (Å²) >= 11 is 0. The maximum atomic E-state index is 11.0. The first kappa shape index (κ1) is 16.6. The first-order chi connectivity index (χ1) is 10.5. The van der Waals surface area contributed by atoms with Crippen molar-refractivity contribution in [3.8, 4) is 11.5 Å². The van der Waals surface area contributed by atoms with E-state index in [1.54, 1.807) is 21.1 Å². The molecule has 1 fully saturated rings. The molecule has 1 N–H and O–H groups in total. The summed E-state index contributed by atoms with van der Waals surface area (Å²) in [6.45, 7) is 5.81. The number of benzene rings is 1. The monoisotopic (exact) mass is 308 g/mol. The Hall–Kier alpha value is -1.79. The SMILES string of the molecule is COc1cc(CN2CCN([C@H](C)C(=O)O)CC2)cc(OC)c1. The average Bonchev–Trinajstić information content (AvgIpc) is 2.54. The van der Waals surface area contributed by atoms with Crippen molar-refractivity contribution in [3.63, 3.8) is 0 Å². The Morgan fingerprint density at radius 1 is 1.14 bits per heavy atom. The van der Waals surface area contributed by atoms with Crippen LogP contribution in [0.1, 0.15) is 12.5 Å². The molecule has 6 nitrogen and oxygen atoms in total. The molecule has 1 aliphatic rings. The molecule has 1 atom stereocenters. The summed E-state index contributed by atoms with van der Waals surface area (Å²) in [6, 6.07) is 5.46. The zero-order valence-electron chi connectivity index (χ0n) is 13.4. The van der Waals surface area contributed by atoms with Crippen LogP contribution in [0.2, 0.25) is 0 Å². The topological polar surface area (TPSA) is 62.2 Å². The predicted molar refractivity (Wildman–Crippen MR) is 83.5 cm³/mol. The number of hydrogen-bond acceptors (Lipinski definition) is 5. The van der Waals surface area contributed by atoms with Gasteiger partial charge in [0, 0.05) is 38.8 Å². The van der Waals surface area contributed by atoms with Crippen molar-refractivity contribution in [1.82, 2.24) is 9.80 Å². The molecule has 0 spiro atoms. The quantitative estimate of drug-likeness (QED) is 0.854. The molecule has 1 heterocycles. The van der Waals surface area contributed by atoms with Gasteiger partial charge in [-0.05, 0) is 24.6 Å². The molecule has 122 valence electrons. The minimum absolute atomic E-state index is 0.418. The zero-order chi connectivity index (χ0) is 16.1. The van der Waals surface area contributed by atoms with Crippen LogP contribution >= 0.6 is 0 Å². The minimum Gasteiger partial charge on any atom is -0.497 e. The van der Waals surface area contributed by atoms with Gasteiger partial charge in [0.25, 0.3) is 0 Å².